The molecule has 0 aliphatic heterocycles. The number of carboxylic acid groups (broad SMARTS) is 1. The summed E-state index contributed by atoms with van der Waals surface area (Å²) in [5.41, 5.74) is 0.0866. The number of hydrogen-bond acceptors (Lipinski definition) is 2. The molecule has 0 unspecified atom stereocenters. The summed E-state index contributed by atoms with van der Waals surface area (Å²) >= 11 is 1.74. The fourth-order valence-corrected chi connectivity index (χ4v) is 2.38. The van der Waals surface area contributed by atoms with E-state index in [4.69, 9.17) is 5.11 Å². The first-order valence-corrected chi connectivity index (χ1v) is 5.62. The van der Waals surface area contributed by atoms with Crippen molar-refractivity contribution < 1.29 is 9.90 Å². The van der Waals surface area contributed by atoms with Crippen molar-refractivity contribution in [3.63, 3.8) is 0 Å². The summed E-state index contributed by atoms with van der Waals surface area (Å²) in [4.78, 5) is 11.8. The maximum atomic E-state index is 10.5. The van der Waals surface area contributed by atoms with Gasteiger partial charge in [0.1, 0.15) is 0 Å². The Hall–Kier alpha value is -0.830. The van der Waals surface area contributed by atoms with Crippen LogP contribution in [-0.2, 0) is 11.2 Å². The fraction of sp³-hybridized carbons (Fsp3) is 0.545. The van der Waals surface area contributed by atoms with E-state index in [9.17, 15) is 4.79 Å². The van der Waals surface area contributed by atoms with Crippen LogP contribution in [0.15, 0.2) is 17.5 Å². The fourth-order valence-electron chi connectivity index (χ4n) is 1.42. The average molecular weight is 212 g/mol. The van der Waals surface area contributed by atoms with Crippen molar-refractivity contribution in [1.29, 1.82) is 0 Å². The van der Waals surface area contributed by atoms with E-state index in [0.717, 1.165) is 12.8 Å². The van der Waals surface area contributed by atoms with Crippen molar-refractivity contribution in [2.75, 3.05) is 0 Å². The number of rotatable bonds is 5. The van der Waals surface area contributed by atoms with Crippen LogP contribution in [0, 0.1) is 5.41 Å². The zero-order chi connectivity index (χ0) is 10.6. The molecule has 1 rings (SSSR count). The molecule has 0 amide bonds. The molecule has 0 saturated heterocycles. The lowest BCUT2D eigenvalue weighted by atomic mass is 9.84. The van der Waals surface area contributed by atoms with Crippen molar-refractivity contribution in [1.82, 2.24) is 0 Å². The van der Waals surface area contributed by atoms with Gasteiger partial charge in [0.05, 0.1) is 0 Å². The molecule has 0 aromatic carbocycles. The van der Waals surface area contributed by atoms with E-state index in [2.05, 4.69) is 25.3 Å². The molecule has 2 nitrogen and oxygen atoms in total. The van der Waals surface area contributed by atoms with E-state index >= 15 is 0 Å². The highest BCUT2D eigenvalue weighted by atomic mass is 32.1. The van der Waals surface area contributed by atoms with Gasteiger partial charge in [0.25, 0.3) is 0 Å². The molecule has 1 N–H and O–H groups in total. The van der Waals surface area contributed by atoms with Gasteiger partial charge in [-0.2, -0.15) is 0 Å². The first-order chi connectivity index (χ1) is 6.49. The smallest absolute Gasteiger partial charge is 0.303 e. The third-order valence-electron chi connectivity index (χ3n) is 2.25. The van der Waals surface area contributed by atoms with Gasteiger partial charge in [-0.15, -0.1) is 11.3 Å². The number of aliphatic carboxylic acids is 1. The van der Waals surface area contributed by atoms with Crippen LogP contribution in [0.3, 0.4) is 0 Å². The van der Waals surface area contributed by atoms with Crippen LogP contribution < -0.4 is 0 Å². The SMILES string of the molecule is CC(C)(CCC(=O)O)Cc1cccs1. The molecule has 0 aliphatic carbocycles. The molecule has 0 aliphatic rings. The third-order valence-corrected chi connectivity index (χ3v) is 3.12. The van der Waals surface area contributed by atoms with E-state index < -0.39 is 5.97 Å². The Morgan fingerprint density at radius 1 is 1.57 bits per heavy atom. The summed E-state index contributed by atoms with van der Waals surface area (Å²) < 4.78 is 0. The Morgan fingerprint density at radius 2 is 2.29 bits per heavy atom. The second-order valence-corrected chi connectivity index (χ2v) is 5.35. The van der Waals surface area contributed by atoms with E-state index in [1.165, 1.54) is 4.88 Å². The van der Waals surface area contributed by atoms with Crippen LogP contribution in [0.2, 0.25) is 0 Å². The van der Waals surface area contributed by atoms with Crippen molar-refractivity contribution in [3.8, 4) is 0 Å². The minimum atomic E-state index is -0.704. The zero-order valence-corrected chi connectivity index (χ0v) is 9.43. The van der Waals surface area contributed by atoms with Gasteiger partial charge in [0.2, 0.25) is 0 Å². The Labute approximate surface area is 88.6 Å². The molecule has 0 fully saturated rings. The minimum Gasteiger partial charge on any atom is -0.481 e. The van der Waals surface area contributed by atoms with E-state index in [1.54, 1.807) is 11.3 Å². The van der Waals surface area contributed by atoms with Crippen LogP contribution in [-0.4, -0.2) is 11.1 Å². The van der Waals surface area contributed by atoms with Gasteiger partial charge in [-0.3, -0.25) is 4.79 Å². The predicted octanol–water partition coefficient (Wildman–Crippen LogP) is 3.18. The Balaban J connectivity index is 2.45. The van der Waals surface area contributed by atoms with Crippen LogP contribution >= 0.6 is 11.3 Å². The maximum absolute atomic E-state index is 10.5. The first kappa shape index (κ1) is 11.2. The van der Waals surface area contributed by atoms with Crippen LogP contribution in [0.4, 0.5) is 0 Å². The summed E-state index contributed by atoms with van der Waals surface area (Å²) in [7, 11) is 0. The Bertz CT molecular complexity index is 288. The first-order valence-electron chi connectivity index (χ1n) is 4.74. The maximum Gasteiger partial charge on any atom is 0.303 e. The second kappa shape index (κ2) is 4.60. The lowest BCUT2D eigenvalue weighted by Gasteiger charge is -2.22. The standard InChI is InChI=1S/C11H16O2S/c1-11(2,6-5-10(12)13)8-9-4-3-7-14-9/h3-4,7H,5-6,8H2,1-2H3,(H,12,13). The summed E-state index contributed by atoms with van der Waals surface area (Å²) in [5, 5.41) is 10.7. The molecule has 0 atom stereocenters. The van der Waals surface area contributed by atoms with Crippen molar-refractivity contribution in [2.24, 2.45) is 5.41 Å². The highest BCUT2D eigenvalue weighted by Crippen LogP contribution is 2.29. The molecule has 78 valence electrons. The van der Waals surface area contributed by atoms with Gasteiger partial charge >= 0.3 is 5.97 Å². The topological polar surface area (TPSA) is 37.3 Å². The van der Waals surface area contributed by atoms with Crippen molar-refractivity contribution >= 4 is 17.3 Å². The molecule has 0 spiro atoms. The molecular formula is C11H16O2S. The average Bonchev–Trinajstić information content (AvgIpc) is 2.53. The van der Waals surface area contributed by atoms with Gasteiger partial charge in [-0.1, -0.05) is 19.9 Å². The zero-order valence-electron chi connectivity index (χ0n) is 8.62. The molecule has 1 heterocycles. The summed E-state index contributed by atoms with van der Waals surface area (Å²) in [5.74, 6) is -0.704. The highest BCUT2D eigenvalue weighted by molar-refractivity contribution is 7.09. The molecule has 0 bridgehead atoms. The summed E-state index contributed by atoms with van der Waals surface area (Å²) in [6, 6.07) is 4.14. The normalized spacial score (nSPS) is 11.6. The molecule has 0 radical (unpaired) electrons. The van der Waals surface area contributed by atoms with E-state index in [1.807, 2.05) is 6.07 Å². The van der Waals surface area contributed by atoms with Gasteiger partial charge in [0, 0.05) is 11.3 Å². The van der Waals surface area contributed by atoms with E-state index in [-0.39, 0.29) is 11.8 Å². The van der Waals surface area contributed by atoms with Crippen LogP contribution in [0.25, 0.3) is 0 Å². The Morgan fingerprint density at radius 3 is 2.79 bits per heavy atom. The highest BCUT2D eigenvalue weighted by Gasteiger charge is 2.20. The van der Waals surface area contributed by atoms with Crippen molar-refractivity contribution in [2.45, 2.75) is 33.1 Å². The minimum absolute atomic E-state index is 0.0866. The molecule has 1 aromatic heterocycles. The predicted molar refractivity (Wildman–Crippen MR) is 58.7 cm³/mol. The molecule has 14 heavy (non-hydrogen) atoms. The number of thiophene rings is 1. The van der Waals surface area contributed by atoms with Gasteiger partial charge in [-0.25, -0.2) is 0 Å². The Kier molecular flexibility index (Phi) is 3.69. The lowest BCUT2D eigenvalue weighted by Crippen LogP contribution is -2.16. The summed E-state index contributed by atoms with van der Waals surface area (Å²) in [6.07, 6.45) is 1.97. The number of hydrogen-bond donors (Lipinski definition) is 1. The van der Waals surface area contributed by atoms with Crippen LogP contribution in [0.5, 0.6) is 0 Å². The van der Waals surface area contributed by atoms with Gasteiger partial charge < -0.3 is 5.11 Å². The van der Waals surface area contributed by atoms with Crippen molar-refractivity contribution in [3.05, 3.63) is 22.4 Å². The number of carboxylic acids is 1. The lowest BCUT2D eigenvalue weighted by molar-refractivity contribution is -0.137. The molecular weight excluding hydrogens is 196 g/mol. The third kappa shape index (κ3) is 3.92. The van der Waals surface area contributed by atoms with E-state index in [0.29, 0.717) is 0 Å². The second-order valence-electron chi connectivity index (χ2n) is 4.31. The largest absolute Gasteiger partial charge is 0.481 e. The molecule has 1 aromatic rings. The van der Waals surface area contributed by atoms with Gasteiger partial charge in [0.15, 0.2) is 0 Å². The summed E-state index contributed by atoms with van der Waals surface area (Å²) in [6.45, 7) is 4.24. The number of carbonyl (C=O) groups is 1. The quantitative estimate of drug-likeness (QED) is 0.814. The van der Waals surface area contributed by atoms with Gasteiger partial charge in [-0.05, 0) is 29.7 Å². The molecule has 3 heteroatoms. The monoisotopic (exact) mass is 212 g/mol. The molecule has 0 saturated carbocycles. The van der Waals surface area contributed by atoms with Crippen LogP contribution in [0.1, 0.15) is 31.6 Å².